The number of rotatable bonds is 7. The van der Waals surface area contributed by atoms with E-state index in [2.05, 4.69) is 30.7 Å². The first kappa shape index (κ1) is 23.5. The molecule has 2 heterocycles. The zero-order valence-corrected chi connectivity index (χ0v) is 20.2. The Morgan fingerprint density at radius 2 is 2.11 bits per heavy atom. The van der Waals surface area contributed by atoms with Crippen molar-refractivity contribution in [1.82, 2.24) is 20.3 Å². The molecular weight excluding hydrogens is 481 g/mol. The lowest BCUT2D eigenvalue weighted by Crippen LogP contribution is -2.32. The van der Waals surface area contributed by atoms with Gasteiger partial charge in [-0.05, 0) is 53.6 Å². The average Bonchev–Trinajstić information content (AvgIpc) is 3.42. The standard InChI is InChI=1S/C26H23ClFN7O/c1-35(26-29-9-10-30-26)32-14-17-5-7-23-19(11-17)15-31-25(34-23)33-21-6-8-24(22(27)13-21)36-16-18-3-2-4-20(28)12-18/h2-8,11-15H,9-10,16H2,1H3,(H,29,30)(H,31,33,34). The number of halogens is 2. The van der Waals surface area contributed by atoms with Crippen LogP contribution in [0.1, 0.15) is 11.1 Å². The number of benzene rings is 3. The van der Waals surface area contributed by atoms with Gasteiger partial charge in [0.25, 0.3) is 0 Å². The molecule has 0 atom stereocenters. The summed E-state index contributed by atoms with van der Waals surface area (Å²) in [6, 6.07) is 17.4. The maximum Gasteiger partial charge on any atom is 0.227 e. The van der Waals surface area contributed by atoms with Gasteiger partial charge in [0.2, 0.25) is 11.9 Å². The summed E-state index contributed by atoms with van der Waals surface area (Å²) < 4.78 is 19.1. The Hall–Kier alpha value is -4.24. The highest BCUT2D eigenvalue weighted by molar-refractivity contribution is 6.32. The number of fused-ring (bicyclic) bond motifs is 1. The molecule has 0 radical (unpaired) electrons. The van der Waals surface area contributed by atoms with Gasteiger partial charge in [0.05, 0.1) is 23.3 Å². The van der Waals surface area contributed by atoms with E-state index in [1.807, 2.05) is 31.3 Å². The van der Waals surface area contributed by atoms with E-state index in [-0.39, 0.29) is 12.4 Å². The molecule has 0 amide bonds. The summed E-state index contributed by atoms with van der Waals surface area (Å²) >= 11 is 6.39. The number of anilines is 2. The van der Waals surface area contributed by atoms with Gasteiger partial charge < -0.3 is 15.4 Å². The fourth-order valence-electron chi connectivity index (χ4n) is 3.62. The van der Waals surface area contributed by atoms with E-state index in [0.717, 1.165) is 41.1 Å². The molecule has 182 valence electrons. The van der Waals surface area contributed by atoms with Crippen LogP contribution in [0.5, 0.6) is 5.75 Å². The van der Waals surface area contributed by atoms with Gasteiger partial charge in [-0.1, -0.05) is 29.8 Å². The van der Waals surface area contributed by atoms with Crippen LogP contribution in [0, 0.1) is 5.82 Å². The number of aromatic nitrogens is 2. The second kappa shape index (κ2) is 10.6. The van der Waals surface area contributed by atoms with Gasteiger partial charge in [-0.2, -0.15) is 5.10 Å². The molecule has 3 aromatic carbocycles. The van der Waals surface area contributed by atoms with Gasteiger partial charge in [0.1, 0.15) is 18.2 Å². The topological polar surface area (TPSA) is 87.0 Å². The van der Waals surface area contributed by atoms with Crippen molar-refractivity contribution in [1.29, 1.82) is 0 Å². The Kier molecular flexibility index (Phi) is 6.90. The summed E-state index contributed by atoms with van der Waals surface area (Å²) in [6.07, 6.45) is 3.53. The molecule has 1 aromatic heterocycles. The van der Waals surface area contributed by atoms with Crippen molar-refractivity contribution in [2.45, 2.75) is 6.61 Å². The van der Waals surface area contributed by atoms with Gasteiger partial charge in [-0.15, -0.1) is 0 Å². The van der Waals surface area contributed by atoms with E-state index in [1.165, 1.54) is 12.1 Å². The molecule has 0 spiro atoms. The molecular formula is C26H23ClFN7O. The third kappa shape index (κ3) is 5.69. The molecule has 0 saturated heterocycles. The molecule has 36 heavy (non-hydrogen) atoms. The molecule has 10 heteroatoms. The zero-order valence-electron chi connectivity index (χ0n) is 19.4. The summed E-state index contributed by atoms with van der Waals surface area (Å²) in [5.41, 5.74) is 3.16. The Bertz CT molecular complexity index is 1460. The molecule has 5 rings (SSSR count). The smallest absolute Gasteiger partial charge is 0.227 e. The third-order valence-corrected chi connectivity index (χ3v) is 5.71. The minimum atomic E-state index is -0.304. The molecule has 0 saturated carbocycles. The van der Waals surface area contributed by atoms with E-state index in [0.29, 0.717) is 22.4 Å². The van der Waals surface area contributed by atoms with Gasteiger partial charge in [0, 0.05) is 30.9 Å². The van der Waals surface area contributed by atoms with Crippen molar-refractivity contribution in [2.24, 2.45) is 10.1 Å². The number of hydrogen-bond donors (Lipinski definition) is 2. The van der Waals surface area contributed by atoms with E-state index in [4.69, 9.17) is 16.3 Å². The van der Waals surface area contributed by atoms with Crippen molar-refractivity contribution in [3.8, 4) is 5.75 Å². The summed E-state index contributed by atoms with van der Waals surface area (Å²) in [5.74, 6) is 1.40. The fraction of sp³-hybridized carbons (Fsp3) is 0.154. The molecule has 8 nitrogen and oxygen atoms in total. The highest BCUT2D eigenvalue weighted by atomic mass is 35.5. The second-order valence-corrected chi connectivity index (χ2v) is 8.51. The van der Waals surface area contributed by atoms with Gasteiger partial charge >= 0.3 is 0 Å². The van der Waals surface area contributed by atoms with Crippen LogP contribution in [0.15, 0.2) is 77.0 Å². The van der Waals surface area contributed by atoms with Crippen molar-refractivity contribution >= 4 is 46.3 Å². The molecule has 1 aliphatic heterocycles. The van der Waals surface area contributed by atoms with Gasteiger partial charge in [-0.25, -0.2) is 24.4 Å². The highest BCUT2D eigenvalue weighted by Crippen LogP contribution is 2.29. The fourth-order valence-corrected chi connectivity index (χ4v) is 3.85. The van der Waals surface area contributed by atoms with E-state index < -0.39 is 0 Å². The molecule has 2 N–H and O–H groups in total. The molecule has 0 unspecified atom stereocenters. The maximum atomic E-state index is 13.4. The predicted octanol–water partition coefficient (Wildman–Crippen LogP) is 4.97. The monoisotopic (exact) mass is 503 g/mol. The molecule has 4 aromatic rings. The lowest BCUT2D eigenvalue weighted by Gasteiger charge is -2.12. The summed E-state index contributed by atoms with van der Waals surface area (Å²) in [6.45, 7) is 1.81. The maximum absolute atomic E-state index is 13.4. The Labute approximate surface area is 212 Å². The minimum absolute atomic E-state index is 0.215. The van der Waals surface area contributed by atoms with Crippen molar-refractivity contribution in [2.75, 3.05) is 25.5 Å². The number of hydrazone groups is 1. The Balaban J connectivity index is 1.24. The minimum Gasteiger partial charge on any atom is -0.487 e. The summed E-state index contributed by atoms with van der Waals surface area (Å²) in [5, 5.41) is 13.8. The van der Waals surface area contributed by atoms with Crippen LogP contribution in [0.25, 0.3) is 10.9 Å². The zero-order chi connectivity index (χ0) is 24.9. The van der Waals surface area contributed by atoms with Crippen molar-refractivity contribution < 1.29 is 9.13 Å². The summed E-state index contributed by atoms with van der Waals surface area (Å²) in [4.78, 5) is 13.4. The van der Waals surface area contributed by atoms with E-state index in [1.54, 1.807) is 41.7 Å². The first-order valence-electron chi connectivity index (χ1n) is 11.3. The molecule has 0 bridgehead atoms. The Morgan fingerprint density at radius 1 is 1.19 bits per heavy atom. The van der Waals surface area contributed by atoms with Crippen molar-refractivity contribution in [3.63, 3.8) is 0 Å². The number of hydrogen-bond acceptors (Lipinski definition) is 8. The lowest BCUT2D eigenvalue weighted by molar-refractivity contribution is 0.306. The highest BCUT2D eigenvalue weighted by Gasteiger charge is 2.09. The van der Waals surface area contributed by atoms with Gasteiger partial charge in [-0.3, -0.25) is 0 Å². The van der Waals surface area contributed by atoms with E-state index in [9.17, 15) is 4.39 Å². The largest absolute Gasteiger partial charge is 0.487 e. The molecule has 1 aliphatic rings. The molecule has 0 fully saturated rings. The van der Waals surface area contributed by atoms with Crippen LogP contribution < -0.4 is 15.4 Å². The van der Waals surface area contributed by atoms with Crippen LogP contribution in [0.3, 0.4) is 0 Å². The number of guanidine groups is 1. The SMILES string of the molecule is CN(N=Cc1ccc2nc(Nc3ccc(OCc4cccc(F)c4)c(Cl)c3)ncc2c1)C1=NCCN1. The van der Waals surface area contributed by atoms with Gasteiger partial charge in [0.15, 0.2) is 0 Å². The van der Waals surface area contributed by atoms with Crippen LogP contribution in [0.2, 0.25) is 5.02 Å². The second-order valence-electron chi connectivity index (χ2n) is 8.10. The normalized spacial score (nSPS) is 13.0. The number of aliphatic imine (C=N–C) groups is 1. The number of ether oxygens (including phenoxy) is 1. The predicted molar refractivity (Wildman–Crippen MR) is 141 cm³/mol. The number of nitrogens with one attached hydrogen (secondary N) is 2. The van der Waals surface area contributed by atoms with Crippen LogP contribution in [0.4, 0.5) is 16.0 Å². The van der Waals surface area contributed by atoms with E-state index >= 15 is 0 Å². The first-order chi connectivity index (χ1) is 17.5. The quantitative estimate of drug-likeness (QED) is 0.273. The Morgan fingerprint density at radius 3 is 2.92 bits per heavy atom. The molecule has 0 aliphatic carbocycles. The van der Waals surface area contributed by atoms with Crippen LogP contribution in [-0.2, 0) is 6.61 Å². The van der Waals surface area contributed by atoms with Crippen molar-refractivity contribution in [3.05, 3.63) is 88.8 Å². The van der Waals surface area contributed by atoms with Crippen LogP contribution >= 0.6 is 11.6 Å². The van der Waals surface area contributed by atoms with Crippen LogP contribution in [-0.4, -0.2) is 47.3 Å². The summed E-state index contributed by atoms with van der Waals surface area (Å²) in [7, 11) is 1.85. The third-order valence-electron chi connectivity index (χ3n) is 5.42. The lowest BCUT2D eigenvalue weighted by atomic mass is 10.2. The number of nitrogens with zero attached hydrogens (tertiary/aromatic N) is 5. The average molecular weight is 504 g/mol. The first-order valence-corrected chi connectivity index (χ1v) is 11.7.